The Morgan fingerprint density at radius 3 is 2.71 bits per heavy atom. The topological polar surface area (TPSA) is 76.4 Å². The number of ether oxygens (including phenoxy) is 1. The maximum Gasteiger partial charge on any atom is 0.191 e. The standard InChI is InChI=1S/C13H26N6OS/c1-11-17-18-12(19(11)2)10-16-13(15-7-8-20-3)14-6-5-9-21-4/h5-10H2,1-4H3,(H2,14,15,16). The van der Waals surface area contributed by atoms with Gasteiger partial charge in [0, 0.05) is 27.2 Å². The van der Waals surface area contributed by atoms with E-state index in [0.717, 1.165) is 42.9 Å². The molecule has 0 aliphatic heterocycles. The van der Waals surface area contributed by atoms with Gasteiger partial charge in [-0.1, -0.05) is 0 Å². The van der Waals surface area contributed by atoms with E-state index in [-0.39, 0.29) is 0 Å². The highest BCUT2D eigenvalue weighted by atomic mass is 32.2. The number of methoxy groups -OCH3 is 1. The van der Waals surface area contributed by atoms with Crippen molar-refractivity contribution in [3.8, 4) is 0 Å². The SMILES string of the molecule is COCCNC(=NCc1nnc(C)n1C)NCCCSC. The van der Waals surface area contributed by atoms with Crippen molar-refractivity contribution in [3.05, 3.63) is 11.6 Å². The summed E-state index contributed by atoms with van der Waals surface area (Å²) in [6.45, 7) is 4.70. The zero-order valence-electron chi connectivity index (χ0n) is 13.3. The lowest BCUT2D eigenvalue weighted by Gasteiger charge is -2.12. The van der Waals surface area contributed by atoms with Crippen LogP contribution in [0.1, 0.15) is 18.1 Å². The van der Waals surface area contributed by atoms with E-state index in [4.69, 9.17) is 4.74 Å². The van der Waals surface area contributed by atoms with E-state index in [1.807, 2.05) is 30.3 Å². The fraction of sp³-hybridized carbons (Fsp3) is 0.769. The first-order valence-corrected chi connectivity index (χ1v) is 8.43. The van der Waals surface area contributed by atoms with Gasteiger partial charge in [0.05, 0.1) is 6.61 Å². The fourth-order valence-electron chi connectivity index (χ4n) is 1.61. The molecular formula is C13H26N6OS. The van der Waals surface area contributed by atoms with Gasteiger partial charge in [-0.3, -0.25) is 0 Å². The summed E-state index contributed by atoms with van der Waals surface area (Å²) >= 11 is 1.85. The minimum Gasteiger partial charge on any atom is -0.383 e. The van der Waals surface area contributed by atoms with E-state index < -0.39 is 0 Å². The van der Waals surface area contributed by atoms with Crippen molar-refractivity contribution < 1.29 is 4.74 Å². The third kappa shape index (κ3) is 6.81. The lowest BCUT2D eigenvalue weighted by Crippen LogP contribution is -2.39. The highest BCUT2D eigenvalue weighted by molar-refractivity contribution is 7.98. The molecule has 1 heterocycles. The van der Waals surface area contributed by atoms with Crippen molar-refractivity contribution in [2.75, 3.05) is 38.8 Å². The number of hydrogen-bond donors (Lipinski definition) is 2. The molecular weight excluding hydrogens is 288 g/mol. The Balaban J connectivity index is 2.52. The van der Waals surface area contributed by atoms with Gasteiger partial charge in [0.25, 0.3) is 0 Å². The van der Waals surface area contributed by atoms with Crippen LogP contribution in [-0.2, 0) is 18.3 Å². The van der Waals surface area contributed by atoms with Gasteiger partial charge in [-0.15, -0.1) is 10.2 Å². The van der Waals surface area contributed by atoms with Gasteiger partial charge in [-0.05, 0) is 25.4 Å². The first kappa shape index (κ1) is 17.8. The van der Waals surface area contributed by atoms with Crippen LogP contribution in [0, 0.1) is 6.92 Å². The van der Waals surface area contributed by atoms with E-state index in [2.05, 4.69) is 32.1 Å². The smallest absolute Gasteiger partial charge is 0.191 e. The van der Waals surface area contributed by atoms with E-state index >= 15 is 0 Å². The molecule has 0 atom stereocenters. The molecule has 0 radical (unpaired) electrons. The minimum absolute atomic E-state index is 0.502. The minimum atomic E-state index is 0.502. The largest absolute Gasteiger partial charge is 0.383 e. The molecule has 0 fully saturated rings. The molecule has 0 unspecified atom stereocenters. The molecule has 2 N–H and O–H groups in total. The average molecular weight is 314 g/mol. The Morgan fingerprint density at radius 1 is 1.33 bits per heavy atom. The Kier molecular flexibility index (Phi) is 8.84. The van der Waals surface area contributed by atoms with Crippen LogP contribution in [0.25, 0.3) is 0 Å². The summed E-state index contributed by atoms with van der Waals surface area (Å²) < 4.78 is 6.99. The summed E-state index contributed by atoms with van der Waals surface area (Å²) in [5.41, 5.74) is 0. The predicted molar refractivity (Wildman–Crippen MR) is 87.8 cm³/mol. The molecule has 0 aliphatic carbocycles. The molecule has 0 amide bonds. The summed E-state index contributed by atoms with van der Waals surface area (Å²) in [6.07, 6.45) is 3.22. The van der Waals surface area contributed by atoms with Crippen LogP contribution < -0.4 is 10.6 Å². The second kappa shape index (κ2) is 10.4. The Labute approximate surface area is 131 Å². The molecule has 1 aromatic heterocycles. The Morgan fingerprint density at radius 2 is 2.10 bits per heavy atom. The molecule has 0 aromatic carbocycles. The Hall–Kier alpha value is -1.28. The van der Waals surface area contributed by atoms with Crippen molar-refractivity contribution in [2.24, 2.45) is 12.0 Å². The second-order valence-corrected chi connectivity index (χ2v) is 5.57. The number of rotatable bonds is 9. The number of nitrogens with one attached hydrogen (secondary N) is 2. The van der Waals surface area contributed by atoms with Crippen LogP contribution in [0.2, 0.25) is 0 Å². The molecule has 7 nitrogen and oxygen atoms in total. The number of aryl methyl sites for hydroxylation is 1. The van der Waals surface area contributed by atoms with Crippen LogP contribution in [0.3, 0.4) is 0 Å². The van der Waals surface area contributed by atoms with Crippen molar-refractivity contribution >= 4 is 17.7 Å². The van der Waals surface area contributed by atoms with Gasteiger partial charge >= 0.3 is 0 Å². The zero-order chi connectivity index (χ0) is 15.5. The first-order chi connectivity index (χ1) is 10.2. The molecule has 120 valence electrons. The molecule has 8 heteroatoms. The summed E-state index contributed by atoms with van der Waals surface area (Å²) in [7, 11) is 3.64. The van der Waals surface area contributed by atoms with E-state index in [1.54, 1.807) is 7.11 Å². The van der Waals surface area contributed by atoms with Gasteiger partial charge < -0.3 is 19.9 Å². The van der Waals surface area contributed by atoms with Crippen molar-refractivity contribution in [2.45, 2.75) is 19.9 Å². The number of hydrogen-bond acceptors (Lipinski definition) is 5. The molecule has 1 rings (SSSR count). The van der Waals surface area contributed by atoms with Crippen LogP contribution in [0.15, 0.2) is 4.99 Å². The number of nitrogens with zero attached hydrogens (tertiary/aromatic N) is 4. The highest BCUT2D eigenvalue weighted by Gasteiger charge is 2.04. The lowest BCUT2D eigenvalue weighted by atomic mass is 10.5. The number of aliphatic imine (C=N–C) groups is 1. The fourth-order valence-corrected chi connectivity index (χ4v) is 2.04. The monoisotopic (exact) mass is 314 g/mol. The van der Waals surface area contributed by atoms with Crippen LogP contribution in [-0.4, -0.2) is 59.5 Å². The normalized spacial score (nSPS) is 11.7. The van der Waals surface area contributed by atoms with E-state index in [1.165, 1.54) is 0 Å². The van der Waals surface area contributed by atoms with Crippen LogP contribution in [0.4, 0.5) is 0 Å². The molecule has 0 saturated carbocycles. The maximum absolute atomic E-state index is 5.05. The van der Waals surface area contributed by atoms with Crippen LogP contribution in [0.5, 0.6) is 0 Å². The van der Waals surface area contributed by atoms with E-state index in [9.17, 15) is 0 Å². The second-order valence-electron chi connectivity index (χ2n) is 4.58. The summed E-state index contributed by atoms with van der Waals surface area (Å²) in [4.78, 5) is 4.55. The number of thioether (sulfide) groups is 1. The molecule has 1 aromatic rings. The molecule has 0 bridgehead atoms. The van der Waals surface area contributed by atoms with E-state index in [0.29, 0.717) is 13.2 Å². The van der Waals surface area contributed by atoms with Crippen molar-refractivity contribution in [1.29, 1.82) is 0 Å². The van der Waals surface area contributed by atoms with Gasteiger partial charge in [0.15, 0.2) is 11.8 Å². The van der Waals surface area contributed by atoms with Gasteiger partial charge in [-0.25, -0.2) is 4.99 Å². The maximum atomic E-state index is 5.05. The third-order valence-electron chi connectivity index (χ3n) is 2.98. The quantitative estimate of drug-likeness (QED) is 0.394. The summed E-state index contributed by atoms with van der Waals surface area (Å²) in [5.74, 6) is 3.67. The van der Waals surface area contributed by atoms with Crippen LogP contribution >= 0.6 is 11.8 Å². The molecule has 0 spiro atoms. The first-order valence-electron chi connectivity index (χ1n) is 7.04. The van der Waals surface area contributed by atoms with Gasteiger partial charge in [0.2, 0.25) is 0 Å². The van der Waals surface area contributed by atoms with Crippen molar-refractivity contribution in [1.82, 2.24) is 25.4 Å². The Bertz CT molecular complexity index is 434. The summed E-state index contributed by atoms with van der Waals surface area (Å²) in [6, 6.07) is 0. The third-order valence-corrected chi connectivity index (χ3v) is 3.67. The average Bonchev–Trinajstić information content (AvgIpc) is 2.80. The predicted octanol–water partition coefficient (Wildman–Crippen LogP) is 0.558. The highest BCUT2D eigenvalue weighted by Crippen LogP contribution is 1.99. The molecule has 21 heavy (non-hydrogen) atoms. The molecule has 0 aliphatic rings. The van der Waals surface area contributed by atoms with Gasteiger partial charge in [-0.2, -0.15) is 11.8 Å². The summed E-state index contributed by atoms with van der Waals surface area (Å²) in [5, 5.41) is 14.7. The van der Waals surface area contributed by atoms with Crippen molar-refractivity contribution in [3.63, 3.8) is 0 Å². The zero-order valence-corrected chi connectivity index (χ0v) is 14.2. The number of guanidine groups is 1. The lowest BCUT2D eigenvalue weighted by molar-refractivity contribution is 0.203. The van der Waals surface area contributed by atoms with Gasteiger partial charge in [0.1, 0.15) is 12.4 Å². The number of aromatic nitrogens is 3. The molecule has 0 saturated heterocycles.